The van der Waals surface area contributed by atoms with E-state index in [0.29, 0.717) is 5.69 Å². The van der Waals surface area contributed by atoms with Crippen molar-refractivity contribution in [1.29, 1.82) is 0 Å². The van der Waals surface area contributed by atoms with E-state index in [-0.39, 0.29) is 0 Å². The number of likely N-dealkylation sites (tertiary alicyclic amines) is 1. The van der Waals surface area contributed by atoms with Gasteiger partial charge in [0, 0.05) is 12.7 Å². The molecule has 1 fully saturated rings. The maximum Gasteiger partial charge on any atom is 0.168 e. The predicted molar refractivity (Wildman–Crippen MR) is 54.1 cm³/mol. The zero-order valence-electron chi connectivity index (χ0n) is 8.15. The normalized spacial score (nSPS) is 17.1. The monoisotopic (exact) mass is 190 g/mol. The lowest BCUT2D eigenvalue weighted by Gasteiger charge is -2.13. The molecule has 14 heavy (non-hydrogen) atoms. The zero-order chi connectivity index (χ0) is 9.80. The molecule has 0 radical (unpaired) electrons. The molecule has 1 aliphatic rings. The topological polar surface area (TPSA) is 33.2 Å². The van der Waals surface area contributed by atoms with Gasteiger partial charge < -0.3 is 0 Å². The highest BCUT2D eigenvalue weighted by Gasteiger charge is 2.11. The summed E-state index contributed by atoms with van der Waals surface area (Å²) in [6.45, 7) is 3.34. The minimum absolute atomic E-state index is 0.509. The van der Waals surface area contributed by atoms with Crippen LogP contribution in [0, 0.1) is 0 Å². The summed E-state index contributed by atoms with van der Waals surface area (Å²) in [5.41, 5.74) is 1.70. The average Bonchev–Trinajstić information content (AvgIpc) is 2.72. The van der Waals surface area contributed by atoms with Gasteiger partial charge in [0.2, 0.25) is 0 Å². The van der Waals surface area contributed by atoms with Crippen molar-refractivity contribution in [3.8, 4) is 0 Å². The van der Waals surface area contributed by atoms with E-state index in [4.69, 9.17) is 0 Å². The van der Waals surface area contributed by atoms with Gasteiger partial charge in [-0.3, -0.25) is 14.7 Å². The number of pyridine rings is 1. The molecular weight excluding hydrogens is 176 g/mol. The largest absolute Gasteiger partial charge is 0.299 e. The minimum atomic E-state index is 0.509. The van der Waals surface area contributed by atoms with Crippen molar-refractivity contribution in [3.05, 3.63) is 29.6 Å². The van der Waals surface area contributed by atoms with E-state index < -0.39 is 0 Å². The van der Waals surface area contributed by atoms with Crippen LogP contribution in [0.3, 0.4) is 0 Å². The SMILES string of the molecule is O=Cc1ccc(CN2CCCC2)cn1. The van der Waals surface area contributed by atoms with Crippen LogP contribution in [0.25, 0.3) is 0 Å². The molecule has 1 saturated heterocycles. The summed E-state index contributed by atoms with van der Waals surface area (Å²) in [4.78, 5) is 16.8. The molecule has 1 aromatic heterocycles. The van der Waals surface area contributed by atoms with E-state index >= 15 is 0 Å². The molecule has 2 rings (SSSR count). The summed E-state index contributed by atoms with van der Waals surface area (Å²) in [5.74, 6) is 0. The third-order valence-electron chi connectivity index (χ3n) is 2.57. The molecule has 0 amide bonds. The molecule has 0 N–H and O–H groups in total. The van der Waals surface area contributed by atoms with Crippen LogP contribution in [0.2, 0.25) is 0 Å². The van der Waals surface area contributed by atoms with Crippen molar-refractivity contribution in [2.75, 3.05) is 13.1 Å². The lowest BCUT2D eigenvalue weighted by molar-refractivity contribution is 0.111. The Morgan fingerprint density at radius 2 is 2.14 bits per heavy atom. The maximum atomic E-state index is 10.4. The third kappa shape index (κ3) is 2.17. The number of rotatable bonds is 3. The summed E-state index contributed by atoms with van der Waals surface area (Å²) < 4.78 is 0. The Hall–Kier alpha value is -1.22. The van der Waals surface area contributed by atoms with E-state index in [0.717, 1.165) is 12.8 Å². The molecule has 1 aromatic rings. The van der Waals surface area contributed by atoms with Gasteiger partial charge in [-0.1, -0.05) is 6.07 Å². The fourth-order valence-electron chi connectivity index (χ4n) is 1.80. The zero-order valence-corrected chi connectivity index (χ0v) is 8.15. The summed E-state index contributed by atoms with van der Waals surface area (Å²) in [6.07, 6.45) is 5.18. The van der Waals surface area contributed by atoms with E-state index in [9.17, 15) is 4.79 Å². The van der Waals surface area contributed by atoms with E-state index in [1.54, 1.807) is 12.3 Å². The number of hydrogen-bond acceptors (Lipinski definition) is 3. The van der Waals surface area contributed by atoms with Gasteiger partial charge in [-0.25, -0.2) is 0 Å². The Morgan fingerprint density at radius 1 is 1.36 bits per heavy atom. The van der Waals surface area contributed by atoms with Crippen LogP contribution in [0.4, 0.5) is 0 Å². The highest BCUT2D eigenvalue weighted by molar-refractivity contribution is 5.71. The molecule has 2 heterocycles. The quantitative estimate of drug-likeness (QED) is 0.677. The lowest BCUT2D eigenvalue weighted by atomic mass is 10.2. The predicted octanol–water partition coefficient (Wildman–Crippen LogP) is 1.49. The van der Waals surface area contributed by atoms with Gasteiger partial charge in [0.15, 0.2) is 6.29 Å². The third-order valence-corrected chi connectivity index (χ3v) is 2.57. The van der Waals surface area contributed by atoms with Gasteiger partial charge in [0.1, 0.15) is 5.69 Å². The second-order valence-corrected chi connectivity index (χ2v) is 3.69. The molecular formula is C11H14N2O. The smallest absolute Gasteiger partial charge is 0.168 e. The Morgan fingerprint density at radius 3 is 2.71 bits per heavy atom. The lowest BCUT2D eigenvalue weighted by Crippen LogP contribution is -2.18. The maximum absolute atomic E-state index is 10.4. The van der Waals surface area contributed by atoms with Crippen LogP contribution in [0.1, 0.15) is 28.9 Å². The van der Waals surface area contributed by atoms with E-state index in [1.807, 2.05) is 6.07 Å². The van der Waals surface area contributed by atoms with Crippen LogP contribution < -0.4 is 0 Å². The minimum Gasteiger partial charge on any atom is -0.299 e. The first kappa shape index (κ1) is 9.34. The van der Waals surface area contributed by atoms with Crippen LogP contribution >= 0.6 is 0 Å². The number of aromatic nitrogens is 1. The molecule has 0 unspecified atom stereocenters. The number of hydrogen-bond donors (Lipinski definition) is 0. The van der Waals surface area contributed by atoms with Gasteiger partial charge in [-0.05, 0) is 37.6 Å². The van der Waals surface area contributed by atoms with Gasteiger partial charge >= 0.3 is 0 Å². The van der Waals surface area contributed by atoms with Crippen molar-refractivity contribution >= 4 is 6.29 Å². The number of aldehydes is 1. The first-order chi connectivity index (χ1) is 6.88. The standard InChI is InChI=1S/C11H14N2O/c14-9-11-4-3-10(7-12-11)8-13-5-1-2-6-13/h3-4,7,9H,1-2,5-6,8H2. The van der Waals surface area contributed by atoms with Crippen molar-refractivity contribution in [1.82, 2.24) is 9.88 Å². The summed E-state index contributed by atoms with van der Waals surface area (Å²) in [6, 6.07) is 3.76. The Bertz CT molecular complexity index is 302. The molecule has 0 bridgehead atoms. The van der Waals surface area contributed by atoms with Gasteiger partial charge in [0.05, 0.1) is 0 Å². The van der Waals surface area contributed by atoms with Crippen LogP contribution in [-0.2, 0) is 6.54 Å². The van der Waals surface area contributed by atoms with E-state index in [1.165, 1.54) is 31.5 Å². The summed E-state index contributed by atoms with van der Waals surface area (Å²) in [7, 11) is 0. The molecule has 3 heteroatoms. The molecule has 74 valence electrons. The fraction of sp³-hybridized carbons (Fsp3) is 0.455. The Kier molecular flexibility index (Phi) is 2.89. The highest BCUT2D eigenvalue weighted by Crippen LogP contribution is 2.11. The molecule has 0 atom stereocenters. The first-order valence-corrected chi connectivity index (χ1v) is 5.01. The summed E-state index contributed by atoms with van der Waals surface area (Å²) in [5, 5.41) is 0. The van der Waals surface area contributed by atoms with E-state index in [2.05, 4.69) is 9.88 Å². The Balaban J connectivity index is 1.98. The van der Waals surface area contributed by atoms with Crippen molar-refractivity contribution in [2.45, 2.75) is 19.4 Å². The van der Waals surface area contributed by atoms with Gasteiger partial charge in [-0.2, -0.15) is 0 Å². The highest BCUT2D eigenvalue weighted by atomic mass is 16.1. The number of carbonyl (C=O) groups excluding carboxylic acids is 1. The second kappa shape index (κ2) is 4.33. The second-order valence-electron chi connectivity index (χ2n) is 3.69. The molecule has 0 saturated carbocycles. The first-order valence-electron chi connectivity index (χ1n) is 5.01. The molecule has 3 nitrogen and oxygen atoms in total. The van der Waals surface area contributed by atoms with Crippen molar-refractivity contribution < 1.29 is 4.79 Å². The Labute approximate surface area is 83.8 Å². The fourth-order valence-corrected chi connectivity index (χ4v) is 1.80. The van der Waals surface area contributed by atoms with Crippen LogP contribution in [0.15, 0.2) is 18.3 Å². The molecule has 0 spiro atoms. The summed E-state index contributed by atoms with van der Waals surface area (Å²) >= 11 is 0. The van der Waals surface area contributed by atoms with Crippen molar-refractivity contribution in [2.24, 2.45) is 0 Å². The average molecular weight is 190 g/mol. The molecule has 0 aliphatic carbocycles. The van der Waals surface area contributed by atoms with Crippen LogP contribution in [0.5, 0.6) is 0 Å². The number of carbonyl (C=O) groups is 1. The van der Waals surface area contributed by atoms with Gasteiger partial charge in [-0.15, -0.1) is 0 Å². The van der Waals surface area contributed by atoms with Gasteiger partial charge in [0.25, 0.3) is 0 Å². The van der Waals surface area contributed by atoms with Crippen LogP contribution in [-0.4, -0.2) is 29.3 Å². The molecule has 1 aliphatic heterocycles. The van der Waals surface area contributed by atoms with Crippen molar-refractivity contribution in [3.63, 3.8) is 0 Å². The molecule has 0 aromatic carbocycles. The number of nitrogens with zero attached hydrogens (tertiary/aromatic N) is 2.